The first-order valence-electron chi connectivity index (χ1n) is 8.21. The Kier molecular flexibility index (Phi) is 5.83. The summed E-state index contributed by atoms with van der Waals surface area (Å²) >= 11 is 0. The van der Waals surface area contributed by atoms with E-state index in [0.29, 0.717) is 24.4 Å². The fourth-order valence-corrected chi connectivity index (χ4v) is 2.53. The summed E-state index contributed by atoms with van der Waals surface area (Å²) in [6.45, 7) is 10.8. The van der Waals surface area contributed by atoms with Crippen LogP contribution in [-0.4, -0.2) is 31.7 Å². The monoisotopic (exact) mass is 304 g/mol. The highest BCUT2D eigenvalue weighted by Crippen LogP contribution is 2.21. The van der Waals surface area contributed by atoms with Crippen LogP contribution < -0.4 is 10.6 Å². The average molecular weight is 304 g/mol. The van der Waals surface area contributed by atoms with Crippen molar-refractivity contribution in [3.63, 3.8) is 0 Å². The zero-order valence-corrected chi connectivity index (χ0v) is 14.1. The summed E-state index contributed by atoms with van der Waals surface area (Å²) in [5.74, 6) is 0.996. The molecule has 1 aliphatic heterocycles. The number of anilines is 1. The molecular weight excluding hydrogens is 276 g/mol. The number of benzene rings is 1. The van der Waals surface area contributed by atoms with Crippen molar-refractivity contribution in [2.75, 3.05) is 25.1 Å². The van der Waals surface area contributed by atoms with Gasteiger partial charge in [-0.05, 0) is 43.9 Å². The average Bonchev–Trinajstić information content (AvgIpc) is 3.00. The van der Waals surface area contributed by atoms with E-state index in [2.05, 4.69) is 31.4 Å². The minimum absolute atomic E-state index is 0.00486. The van der Waals surface area contributed by atoms with Crippen molar-refractivity contribution >= 4 is 11.6 Å². The highest BCUT2D eigenvalue weighted by atomic mass is 16.5. The van der Waals surface area contributed by atoms with Gasteiger partial charge in [0.2, 0.25) is 0 Å². The second kappa shape index (κ2) is 7.63. The molecular formula is C18H28N2O2. The van der Waals surface area contributed by atoms with Gasteiger partial charge in [-0.2, -0.15) is 0 Å². The third kappa shape index (κ3) is 4.23. The number of carbonyl (C=O) groups excluding carboxylic acids is 1. The summed E-state index contributed by atoms with van der Waals surface area (Å²) < 4.78 is 5.34. The summed E-state index contributed by atoms with van der Waals surface area (Å²) in [6, 6.07) is 6.24. The number of carbonyl (C=O) groups is 1. The van der Waals surface area contributed by atoms with Gasteiger partial charge >= 0.3 is 0 Å². The van der Waals surface area contributed by atoms with E-state index in [0.717, 1.165) is 36.4 Å². The lowest BCUT2D eigenvalue weighted by molar-refractivity contribution is 0.0944. The predicted octanol–water partition coefficient (Wildman–Crippen LogP) is 3.22. The molecule has 1 aliphatic rings. The molecule has 0 spiro atoms. The molecule has 2 N–H and O–H groups in total. The Balaban J connectivity index is 2.02. The minimum atomic E-state index is 0.00486. The van der Waals surface area contributed by atoms with E-state index < -0.39 is 0 Å². The maximum Gasteiger partial charge on any atom is 0.251 e. The molecule has 2 rings (SSSR count). The van der Waals surface area contributed by atoms with Crippen molar-refractivity contribution in [1.29, 1.82) is 0 Å². The number of rotatable bonds is 6. The Morgan fingerprint density at radius 3 is 2.77 bits per heavy atom. The lowest BCUT2D eigenvalue weighted by atomic mass is 10.0. The topological polar surface area (TPSA) is 50.4 Å². The SMILES string of the molecule is Cc1c(NC(C)C(C)C)cccc1C(=O)NCC1CCOC1. The molecule has 2 atom stereocenters. The zero-order valence-electron chi connectivity index (χ0n) is 14.1. The lowest BCUT2D eigenvalue weighted by Gasteiger charge is -2.21. The van der Waals surface area contributed by atoms with E-state index in [9.17, 15) is 4.79 Å². The first-order valence-corrected chi connectivity index (χ1v) is 8.21. The molecule has 1 aromatic rings. The summed E-state index contributed by atoms with van der Waals surface area (Å²) in [5, 5.41) is 6.54. The molecule has 4 heteroatoms. The zero-order chi connectivity index (χ0) is 16.1. The summed E-state index contributed by atoms with van der Waals surface area (Å²) in [6.07, 6.45) is 1.03. The van der Waals surface area contributed by atoms with Crippen LogP contribution in [0.15, 0.2) is 18.2 Å². The van der Waals surface area contributed by atoms with Gasteiger partial charge < -0.3 is 15.4 Å². The normalized spacial score (nSPS) is 19.2. The molecule has 1 saturated heterocycles. The lowest BCUT2D eigenvalue weighted by Crippen LogP contribution is -2.30. The van der Waals surface area contributed by atoms with Gasteiger partial charge in [-0.15, -0.1) is 0 Å². The number of nitrogens with one attached hydrogen (secondary N) is 2. The van der Waals surface area contributed by atoms with Crippen LogP contribution in [0.5, 0.6) is 0 Å². The maximum atomic E-state index is 12.4. The van der Waals surface area contributed by atoms with Gasteiger partial charge in [0.05, 0.1) is 6.61 Å². The molecule has 122 valence electrons. The highest BCUT2D eigenvalue weighted by molar-refractivity contribution is 5.97. The molecule has 0 saturated carbocycles. The van der Waals surface area contributed by atoms with Crippen molar-refractivity contribution in [2.24, 2.45) is 11.8 Å². The maximum absolute atomic E-state index is 12.4. The molecule has 0 bridgehead atoms. The molecule has 1 aromatic carbocycles. The smallest absolute Gasteiger partial charge is 0.251 e. The number of amides is 1. The van der Waals surface area contributed by atoms with Gasteiger partial charge in [0.25, 0.3) is 5.91 Å². The summed E-state index contributed by atoms with van der Waals surface area (Å²) in [4.78, 5) is 12.4. The third-order valence-electron chi connectivity index (χ3n) is 4.54. The van der Waals surface area contributed by atoms with E-state index in [1.54, 1.807) is 0 Å². The van der Waals surface area contributed by atoms with Crippen LogP contribution in [0.2, 0.25) is 0 Å². The van der Waals surface area contributed by atoms with E-state index in [1.807, 2.05) is 25.1 Å². The molecule has 1 amide bonds. The first kappa shape index (κ1) is 16.8. The van der Waals surface area contributed by atoms with Crippen molar-refractivity contribution in [3.8, 4) is 0 Å². The Labute approximate surface area is 133 Å². The van der Waals surface area contributed by atoms with Crippen molar-refractivity contribution < 1.29 is 9.53 Å². The molecule has 1 heterocycles. The molecule has 2 unspecified atom stereocenters. The van der Waals surface area contributed by atoms with Crippen LogP contribution in [0.3, 0.4) is 0 Å². The largest absolute Gasteiger partial charge is 0.382 e. The minimum Gasteiger partial charge on any atom is -0.382 e. The summed E-state index contributed by atoms with van der Waals surface area (Å²) in [7, 11) is 0. The van der Waals surface area contributed by atoms with E-state index in [-0.39, 0.29) is 5.91 Å². The van der Waals surface area contributed by atoms with Crippen LogP contribution in [0.4, 0.5) is 5.69 Å². The third-order valence-corrected chi connectivity index (χ3v) is 4.54. The molecule has 0 aromatic heterocycles. The summed E-state index contributed by atoms with van der Waals surface area (Å²) in [5.41, 5.74) is 2.80. The van der Waals surface area contributed by atoms with Crippen LogP contribution >= 0.6 is 0 Å². The van der Waals surface area contributed by atoms with E-state index in [4.69, 9.17) is 4.74 Å². The Bertz CT molecular complexity index is 508. The second-order valence-electron chi connectivity index (χ2n) is 6.59. The molecule has 0 aliphatic carbocycles. The fourth-order valence-electron chi connectivity index (χ4n) is 2.53. The van der Waals surface area contributed by atoms with Crippen molar-refractivity contribution in [2.45, 2.75) is 40.2 Å². The van der Waals surface area contributed by atoms with Gasteiger partial charge in [0.1, 0.15) is 0 Å². The number of hydrogen-bond donors (Lipinski definition) is 2. The molecule has 4 nitrogen and oxygen atoms in total. The van der Waals surface area contributed by atoms with E-state index in [1.165, 1.54) is 0 Å². The quantitative estimate of drug-likeness (QED) is 0.848. The highest BCUT2D eigenvalue weighted by Gasteiger charge is 2.18. The van der Waals surface area contributed by atoms with Gasteiger partial charge in [-0.25, -0.2) is 0 Å². The van der Waals surface area contributed by atoms with Gasteiger partial charge in [-0.1, -0.05) is 19.9 Å². The second-order valence-corrected chi connectivity index (χ2v) is 6.59. The van der Waals surface area contributed by atoms with Crippen LogP contribution in [0.1, 0.15) is 43.1 Å². The van der Waals surface area contributed by atoms with E-state index >= 15 is 0 Å². The molecule has 22 heavy (non-hydrogen) atoms. The van der Waals surface area contributed by atoms with Gasteiger partial charge in [0.15, 0.2) is 0 Å². The number of ether oxygens (including phenoxy) is 1. The van der Waals surface area contributed by atoms with Crippen LogP contribution in [0, 0.1) is 18.8 Å². The predicted molar refractivity (Wildman–Crippen MR) is 90.4 cm³/mol. The number of hydrogen-bond acceptors (Lipinski definition) is 3. The molecule has 0 radical (unpaired) electrons. The molecule has 1 fully saturated rings. The first-order chi connectivity index (χ1) is 10.5. The van der Waals surface area contributed by atoms with Crippen LogP contribution in [-0.2, 0) is 4.74 Å². The van der Waals surface area contributed by atoms with Crippen LogP contribution in [0.25, 0.3) is 0 Å². The van der Waals surface area contributed by atoms with Gasteiger partial charge in [0, 0.05) is 36.4 Å². The standard InChI is InChI=1S/C18H28N2O2/c1-12(2)14(4)20-17-7-5-6-16(13(17)3)18(21)19-10-15-8-9-22-11-15/h5-7,12,14-15,20H,8-11H2,1-4H3,(H,19,21). The Hall–Kier alpha value is -1.55. The van der Waals surface area contributed by atoms with Crippen molar-refractivity contribution in [3.05, 3.63) is 29.3 Å². The van der Waals surface area contributed by atoms with Crippen molar-refractivity contribution in [1.82, 2.24) is 5.32 Å². The Morgan fingerprint density at radius 2 is 2.14 bits per heavy atom. The Morgan fingerprint density at radius 1 is 1.36 bits per heavy atom. The van der Waals surface area contributed by atoms with Gasteiger partial charge in [-0.3, -0.25) is 4.79 Å². The fraction of sp³-hybridized carbons (Fsp3) is 0.611.